The van der Waals surface area contributed by atoms with E-state index in [1.54, 1.807) is 6.92 Å². The van der Waals surface area contributed by atoms with E-state index in [-0.39, 0.29) is 0 Å². The van der Waals surface area contributed by atoms with Crippen LogP contribution in [0.5, 0.6) is 0 Å². The lowest BCUT2D eigenvalue weighted by molar-refractivity contribution is 0.253. The summed E-state index contributed by atoms with van der Waals surface area (Å²) < 4.78 is 0. The third-order valence-electron chi connectivity index (χ3n) is 2.11. The van der Waals surface area contributed by atoms with Gasteiger partial charge in [0, 0.05) is 0 Å². The van der Waals surface area contributed by atoms with Gasteiger partial charge in [-0.25, -0.2) is 0 Å². The van der Waals surface area contributed by atoms with Gasteiger partial charge in [0.05, 0.1) is 0 Å². The van der Waals surface area contributed by atoms with Crippen LogP contribution in [0.3, 0.4) is 0 Å². The van der Waals surface area contributed by atoms with Gasteiger partial charge in [0.25, 0.3) is 0 Å². The molecule has 0 amide bonds. The lowest BCUT2D eigenvalue weighted by Gasteiger charge is -2.14. The highest BCUT2D eigenvalue weighted by Crippen LogP contribution is 2.10. The fraction of sp³-hybridized carbons (Fsp3) is 0.385. The van der Waals surface area contributed by atoms with Crippen molar-refractivity contribution in [1.82, 2.24) is 0 Å². The van der Waals surface area contributed by atoms with Crippen molar-refractivity contribution in [3.8, 4) is 11.5 Å². The molecular weight excluding hydrogens is 200 g/mol. The summed E-state index contributed by atoms with van der Waals surface area (Å²) >= 11 is 0. The zero-order chi connectivity index (χ0) is 11.3. The molecule has 0 aliphatic carbocycles. The molecule has 1 rings (SSSR count). The molecule has 0 saturated carbocycles. The number of hydrogen-bond acceptors (Lipinski definition) is 1. The van der Waals surface area contributed by atoms with E-state index in [2.05, 4.69) is 48.8 Å². The highest BCUT2D eigenvalue weighted by Gasteiger charge is 2.18. The number of hydrogen-bond donors (Lipinski definition) is 1. The van der Waals surface area contributed by atoms with Crippen LogP contribution in [0.1, 0.15) is 12.5 Å². The first-order valence-electron chi connectivity index (χ1n) is 5.24. The van der Waals surface area contributed by atoms with Gasteiger partial charge in [-0.2, -0.15) is 0 Å². The molecule has 80 valence electrons. The summed E-state index contributed by atoms with van der Waals surface area (Å²) in [6.07, 6.45) is -0.507. The third kappa shape index (κ3) is 4.82. The fourth-order valence-electron chi connectivity index (χ4n) is 1.45. The molecule has 1 N–H and O–H groups in total. The van der Waals surface area contributed by atoms with Gasteiger partial charge in [-0.3, -0.25) is 0 Å². The molecule has 1 aromatic carbocycles. The molecule has 0 saturated heterocycles. The zero-order valence-corrected chi connectivity index (χ0v) is 10.6. The SMILES string of the molecule is CC(O)C#C[Si](C)(C)Cc1ccccc1. The molecule has 0 radical (unpaired) electrons. The van der Waals surface area contributed by atoms with Gasteiger partial charge in [-0.05, 0) is 18.5 Å². The Morgan fingerprint density at radius 3 is 2.40 bits per heavy atom. The van der Waals surface area contributed by atoms with Gasteiger partial charge in [-0.15, -0.1) is 5.54 Å². The molecule has 15 heavy (non-hydrogen) atoms. The lowest BCUT2D eigenvalue weighted by Crippen LogP contribution is -2.27. The molecule has 1 atom stereocenters. The number of rotatable bonds is 2. The minimum atomic E-state index is -1.53. The first-order chi connectivity index (χ1) is 6.99. The van der Waals surface area contributed by atoms with E-state index in [1.165, 1.54) is 5.56 Å². The molecule has 0 aromatic heterocycles. The predicted molar refractivity (Wildman–Crippen MR) is 67.1 cm³/mol. The van der Waals surface area contributed by atoms with Gasteiger partial charge in [0.1, 0.15) is 14.2 Å². The quantitative estimate of drug-likeness (QED) is 0.597. The second-order valence-corrected chi connectivity index (χ2v) is 8.86. The summed E-state index contributed by atoms with van der Waals surface area (Å²) in [7, 11) is -1.53. The minimum Gasteiger partial charge on any atom is -0.381 e. The average molecular weight is 218 g/mol. The van der Waals surface area contributed by atoms with Crippen LogP contribution in [0.25, 0.3) is 0 Å². The molecule has 0 aliphatic rings. The topological polar surface area (TPSA) is 20.2 Å². The Morgan fingerprint density at radius 1 is 1.27 bits per heavy atom. The van der Waals surface area contributed by atoms with E-state index >= 15 is 0 Å². The summed E-state index contributed by atoms with van der Waals surface area (Å²) in [5.74, 6) is 2.87. The van der Waals surface area contributed by atoms with Gasteiger partial charge in [-0.1, -0.05) is 49.3 Å². The van der Waals surface area contributed by atoms with Crippen molar-refractivity contribution in [1.29, 1.82) is 0 Å². The Kier molecular flexibility index (Phi) is 4.13. The highest BCUT2D eigenvalue weighted by atomic mass is 28.3. The number of benzene rings is 1. The Balaban J connectivity index is 2.70. The van der Waals surface area contributed by atoms with Gasteiger partial charge in [0.15, 0.2) is 0 Å². The van der Waals surface area contributed by atoms with Gasteiger partial charge in [0.2, 0.25) is 0 Å². The number of aliphatic hydroxyl groups is 1. The van der Waals surface area contributed by atoms with Gasteiger partial charge < -0.3 is 5.11 Å². The third-order valence-corrected chi connectivity index (χ3v) is 4.22. The van der Waals surface area contributed by atoms with E-state index in [0.717, 1.165) is 6.04 Å². The van der Waals surface area contributed by atoms with Crippen molar-refractivity contribution in [2.75, 3.05) is 0 Å². The Hall–Kier alpha value is -1.04. The van der Waals surface area contributed by atoms with Crippen molar-refractivity contribution in [3.05, 3.63) is 35.9 Å². The van der Waals surface area contributed by atoms with Crippen LogP contribution in [0.2, 0.25) is 13.1 Å². The maximum absolute atomic E-state index is 9.13. The lowest BCUT2D eigenvalue weighted by atomic mass is 10.2. The van der Waals surface area contributed by atoms with Crippen molar-refractivity contribution in [2.24, 2.45) is 0 Å². The van der Waals surface area contributed by atoms with Crippen molar-refractivity contribution < 1.29 is 5.11 Å². The maximum atomic E-state index is 9.13. The Bertz CT molecular complexity index is 357. The van der Waals surface area contributed by atoms with Crippen molar-refractivity contribution in [3.63, 3.8) is 0 Å². The molecule has 0 fully saturated rings. The monoisotopic (exact) mass is 218 g/mol. The molecule has 0 bridgehead atoms. The van der Waals surface area contributed by atoms with Crippen LogP contribution in [0.4, 0.5) is 0 Å². The first-order valence-corrected chi connectivity index (χ1v) is 8.45. The molecule has 1 nitrogen and oxygen atoms in total. The normalized spacial score (nSPS) is 12.8. The van der Waals surface area contributed by atoms with Crippen LogP contribution in [-0.2, 0) is 6.04 Å². The van der Waals surface area contributed by atoms with Crippen LogP contribution in [0.15, 0.2) is 30.3 Å². The molecule has 0 spiro atoms. The molecule has 1 unspecified atom stereocenters. The summed E-state index contributed by atoms with van der Waals surface area (Å²) in [4.78, 5) is 0. The zero-order valence-electron chi connectivity index (χ0n) is 9.62. The molecule has 0 heterocycles. The molecule has 2 heteroatoms. The number of aliphatic hydroxyl groups excluding tert-OH is 1. The van der Waals surface area contributed by atoms with Gasteiger partial charge >= 0.3 is 0 Å². The smallest absolute Gasteiger partial charge is 0.136 e. The van der Waals surface area contributed by atoms with E-state index in [4.69, 9.17) is 5.11 Å². The summed E-state index contributed by atoms with van der Waals surface area (Å²) in [6.45, 7) is 6.17. The van der Waals surface area contributed by atoms with Crippen LogP contribution in [-0.4, -0.2) is 19.3 Å². The van der Waals surface area contributed by atoms with Crippen LogP contribution < -0.4 is 0 Å². The summed E-state index contributed by atoms with van der Waals surface area (Å²) in [5.41, 5.74) is 4.59. The maximum Gasteiger partial charge on any atom is 0.136 e. The highest BCUT2D eigenvalue weighted by molar-refractivity contribution is 6.84. The molecule has 0 aliphatic heterocycles. The van der Waals surface area contributed by atoms with E-state index in [0.29, 0.717) is 0 Å². The average Bonchev–Trinajstić information content (AvgIpc) is 2.16. The predicted octanol–water partition coefficient (Wildman–Crippen LogP) is 2.40. The largest absolute Gasteiger partial charge is 0.381 e. The van der Waals surface area contributed by atoms with E-state index < -0.39 is 14.2 Å². The second-order valence-electron chi connectivity index (χ2n) is 4.49. The van der Waals surface area contributed by atoms with E-state index in [9.17, 15) is 0 Å². The molecule has 1 aromatic rings. The molecular formula is C13H18OSi. The second kappa shape index (κ2) is 5.15. The van der Waals surface area contributed by atoms with Crippen molar-refractivity contribution in [2.45, 2.75) is 32.2 Å². The Morgan fingerprint density at radius 2 is 1.87 bits per heavy atom. The standard InChI is InChI=1S/C13H18OSi/c1-12(14)9-10-15(2,3)11-13-7-5-4-6-8-13/h4-8,12,14H,11H2,1-3H3. The Labute approximate surface area is 93.2 Å². The van der Waals surface area contributed by atoms with Crippen LogP contribution in [0, 0.1) is 11.5 Å². The fourth-order valence-corrected chi connectivity index (χ4v) is 3.39. The van der Waals surface area contributed by atoms with Crippen LogP contribution >= 0.6 is 0 Å². The minimum absolute atomic E-state index is 0.507. The van der Waals surface area contributed by atoms with E-state index in [1.807, 2.05) is 6.07 Å². The summed E-state index contributed by atoms with van der Waals surface area (Å²) in [5, 5.41) is 9.13. The summed E-state index contributed by atoms with van der Waals surface area (Å²) in [6, 6.07) is 11.5. The van der Waals surface area contributed by atoms with Crippen molar-refractivity contribution >= 4 is 8.07 Å². The first kappa shape index (κ1) is 12.0.